The molecule has 2 aliphatic rings. The molecule has 2 aromatic carbocycles. The van der Waals surface area contributed by atoms with E-state index in [0.717, 1.165) is 52.8 Å². The van der Waals surface area contributed by atoms with E-state index in [4.69, 9.17) is 21.1 Å². The first kappa shape index (κ1) is 19.2. The van der Waals surface area contributed by atoms with Crippen LogP contribution in [0, 0.1) is 5.92 Å². The maximum Gasteiger partial charge on any atom is 0.231 e. The summed E-state index contributed by atoms with van der Waals surface area (Å²) < 4.78 is 10.9. The number of hydrogen-bond acceptors (Lipinski definition) is 4. The van der Waals surface area contributed by atoms with Crippen LogP contribution in [-0.2, 0) is 24.3 Å². The zero-order chi connectivity index (χ0) is 20.7. The number of carbonyl (C=O) groups excluding carboxylic acids is 1. The molecule has 5 rings (SSSR count). The molecular weight excluding hydrogens is 400 g/mol. The third-order valence-corrected chi connectivity index (χ3v) is 6.05. The van der Waals surface area contributed by atoms with Crippen LogP contribution in [0.1, 0.15) is 36.5 Å². The Morgan fingerprint density at radius 2 is 1.87 bits per heavy atom. The van der Waals surface area contributed by atoms with Crippen LogP contribution < -0.4 is 9.47 Å². The molecule has 2 heterocycles. The predicted octanol–water partition coefficient (Wildman–Crippen LogP) is 5.12. The molecule has 0 atom stereocenters. The standard InChI is InChI=1S/C24H23ClN2O3/c1-2-15-3-7-20-18(9-15)11-19(23(25)26-20)13-27(24(28)17-5-6-17)12-16-4-8-21-22(10-16)30-14-29-21/h3-4,7-11,17H,2,5-6,12-14H2,1H3. The van der Waals surface area contributed by atoms with Crippen molar-refractivity contribution in [2.75, 3.05) is 6.79 Å². The maximum atomic E-state index is 13.0. The zero-order valence-corrected chi connectivity index (χ0v) is 17.6. The third kappa shape index (κ3) is 3.82. The Kier molecular flexibility index (Phi) is 4.99. The summed E-state index contributed by atoms with van der Waals surface area (Å²) in [7, 11) is 0. The van der Waals surface area contributed by atoms with E-state index in [1.165, 1.54) is 5.56 Å². The number of halogens is 1. The number of aromatic nitrogens is 1. The number of carbonyl (C=O) groups is 1. The Morgan fingerprint density at radius 1 is 1.07 bits per heavy atom. The van der Waals surface area contributed by atoms with E-state index in [9.17, 15) is 4.79 Å². The minimum atomic E-state index is 0.123. The van der Waals surface area contributed by atoms with Gasteiger partial charge in [0, 0.05) is 30.0 Å². The SMILES string of the molecule is CCc1ccc2nc(Cl)c(CN(Cc3ccc4c(c3)OCO4)C(=O)C3CC3)cc2c1. The minimum absolute atomic E-state index is 0.123. The van der Waals surface area contributed by atoms with Crippen LogP contribution in [0.2, 0.25) is 5.15 Å². The van der Waals surface area contributed by atoms with Crippen LogP contribution in [0.15, 0.2) is 42.5 Å². The van der Waals surface area contributed by atoms with Crippen molar-refractivity contribution in [3.63, 3.8) is 0 Å². The smallest absolute Gasteiger partial charge is 0.231 e. The molecule has 0 N–H and O–H groups in total. The fourth-order valence-electron chi connectivity index (χ4n) is 3.84. The number of aryl methyl sites for hydroxylation is 1. The van der Waals surface area contributed by atoms with Crippen molar-refractivity contribution in [2.45, 2.75) is 39.3 Å². The minimum Gasteiger partial charge on any atom is -0.454 e. The highest BCUT2D eigenvalue weighted by Crippen LogP contribution is 2.35. The molecule has 0 bridgehead atoms. The lowest BCUT2D eigenvalue weighted by molar-refractivity contribution is -0.133. The summed E-state index contributed by atoms with van der Waals surface area (Å²) in [6.45, 7) is 3.30. The average Bonchev–Trinajstić information content (AvgIpc) is 3.50. The third-order valence-electron chi connectivity index (χ3n) is 5.72. The van der Waals surface area contributed by atoms with Crippen LogP contribution in [0.25, 0.3) is 10.9 Å². The van der Waals surface area contributed by atoms with E-state index in [2.05, 4.69) is 30.1 Å². The van der Waals surface area contributed by atoms with Gasteiger partial charge in [-0.3, -0.25) is 4.79 Å². The highest BCUT2D eigenvalue weighted by molar-refractivity contribution is 6.30. The van der Waals surface area contributed by atoms with Crippen molar-refractivity contribution in [1.82, 2.24) is 9.88 Å². The number of ether oxygens (including phenoxy) is 2. The van der Waals surface area contributed by atoms with Crippen molar-refractivity contribution in [2.24, 2.45) is 5.92 Å². The van der Waals surface area contributed by atoms with Gasteiger partial charge in [-0.05, 0) is 60.7 Å². The molecule has 0 unspecified atom stereocenters. The van der Waals surface area contributed by atoms with Gasteiger partial charge in [-0.2, -0.15) is 0 Å². The Hall–Kier alpha value is -2.79. The van der Waals surface area contributed by atoms with E-state index >= 15 is 0 Å². The normalized spacial score (nSPS) is 14.9. The molecule has 6 heteroatoms. The second-order valence-electron chi connectivity index (χ2n) is 7.98. The van der Waals surface area contributed by atoms with Gasteiger partial charge >= 0.3 is 0 Å². The Bertz CT molecular complexity index is 1130. The number of nitrogens with zero attached hydrogens (tertiary/aromatic N) is 2. The van der Waals surface area contributed by atoms with E-state index in [-0.39, 0.29) is 18.6 Å². The highest BCUT2D eigenvalue weighted by Gasteiger charge is 2.34. The predicted molar refractivity (Wildman–Crippen MR) is 116 cm³/mol. The number of amides is 1. The second kappa shape index (κ2) is 7.80. The quantitative estimate of drug-likeness (QED) is 0.517. The molecule has 30 heavy (non-hydrogen) atoms. The number of fused-ring (bicyclic) bond motifs is 2. The Balaban J connectivity index is 1.45. The molecule has 1 saturated carbocycles. The van der Waals surface area contributed by atoms with Gasteiger partial charge in [0.05, 0.1) is 5.52 Å². The van der Waals surface area contributed by atoms with Crippen molar-refractivity contribution in [1.29, 1.82) is 0 Å². The van der Waals surface area contributed by atoms with Crippen LogP contribution in [-0.4, -0.2) is 22.6 Å². The molecule has 3 aromatic rings. The summed E-state index contributed by atoms with van der Waals surface area (Å²) >= 11 is 6.51. The van der Waals surface area contributed by atoms with Gasteiger partial charge in [-0.15, -0.1) is 0 Å². The van der Waals surface area contributed by atoms with Crippen LogP contribution in [0.3, 0.4) is 0 Å². The van der Waals surface area contributed by atoms with E-state index < -0.39 is 0 Å². The molecule has 1 aliphatic carbocycles. The second-order valence-corrected chi connectivity index (χ2v) is 8.33. The van der Waals surface area contributed by atoms with Crippen molar-refractivity contribution in [3.05, 3.63) is 64.3 Å². The van der Waals surface area contributed by atoms with Gasteiger partial charge in [-0.25, -0.2) is 4.98 Å². The Morgan fingerprint density at radius 3 is 2.67 bits per heavy atom. The lowest BCUT2D eigenvalue weighted by Crippen LogP contribution is -2.31. The van der Waals surface area contributed by atoms with Gasteiger partial charge in [0.2, 0.25) is 12.7 Å². The summed E-state index contributed by atoms with van der Waals surface area (Å²) in [5.41, 5.74) is 4.00. The van der Waals surface area contributed by atoms with E-state index in [0.29, 0.717) is 18.2 Å². The summed E-state index contributed by atoms with van der Waals surface area (Å²) in [6, 6.07) is 14.1. The lowest BCUT2D eigenvalue weighted by Gasteiger charge is -2.24. The summed E-state index contributed by atoms with van der Waals surface area (Å²) in [6.07, 6.45) is 2.88. The molecule has 5 nitrogen and oxygen atoms in total. The number of benzene rings is 2. The number of pyridine rings is 1. The van der Waals surface area contributed by atoms with Gasteiger partial charge in [0.15, 0.2) is 11.5 Å². The maximum absolute atomic E-state index is 13.0. The van der Waals surface area contributed by atoms with E-state index in [1.54, 1.807) is 0 Å². The fraction of sp³-hybridized carbons (Fsp3) is 0.333. The molecule has 0 radical (unpaired) electrons. The van der Waals surface area contributed by atoms with Crippen LogP contribution >= 0.6 is 11.6 Å². The molecule has 154 valence electrons. The summed E-state index contributed by atoms with van der Waals surface area (Å²) in [5, 5.41) is 1.50. The fourth-order valence-corrected chi connectivity index (χ4v) is 4.05. The van der Waals surface area contributed by atoms with Crippen molar-refractivity contribution >= 4 is 28.4 Å². The van der Waals surface area contributed by atoms with Crippen LogP contribution in [0.5, 0.6) is 11.5 Å². The van der Waals surface area contributed by atoms with E-state index in [1.807, 2.05) is 29.2 Å². The first-order chi connectivity index (χ1) is 14.6. The van der Waals surface area contributed by atoms with Gasteiger partial charge in [0.25, 0.3) is 0 Å². The first-order valence-electron chi connectivity index (χ1n) is 10.4. The zero-order valence-electron chi connectivity index (χ0n) is 16.9. The van der Waals surface area contributed by atoms with Gasteiger partial charge in [0.1, 0.15) is 5.15 Å². The molecule has 1 aromatic heterocycles. The van der Waals surface area contributed by atoms with Gasteiger partial charge < -0.3 is 14.4 Å². The number of hydrogen-bond donors (Lipinski definition) is 0. The molecule has 0 spiro atoms. The van der Waals surface area contributed by atoms with Gasteiger partial charge in [-0.1, -0.05) is 30.7 Å². The molecular formula is C24H23ClN2O3. The average molecular weight is 423 g/mol. The van der Waals surface area contributed by atoms with Crippen molar-refractivity contribution in [3.8, 4) is 11.5 Å². The van der Waals surface area contributed by atoms with Crippen LogP contribution in [0.4, 0.5) is 0 Å². The van der Waals surface area contributed by atoms with Crippen molar-refractivity contribution < 1.29 is 14.3 Å². The molecule has 1 amide bonds. The largest absolute Gasteiger partial charge is 0.454 e. The monoisotopic (exact) mass is 422 g/mol. The highest BCUT2D eigenvalue weighted by atomic mass is 35.5. The number of rotatable bonds is 6. The first-order valence-corrected chi connectivity index (χ1v) is 10.7. The topological polar surface area (TPSA) is 51.7 Å². The molecule has 1 fully saturated rings. The summed E-state index contributed by atoms with van der Waals surface area (Å²) in [4.78, 5) is 19.5. The Labute approximate surface area is 180 Å². The lowest BCUT2D eigenvalue weighted by atomic mass is 10.1. The molecule has 1 aliphatic heterocycles. The molecule has 0 saturated heterocycles. The summed E-state index contributed by atoms with van der Waals surface area (Å²) in [5.74, 6) is 1.76.